The second-order valence-electron chi connectivity index (χ2n) is 12.7. The molecule has 0 aromatic heterocycles. The number of halogens is 1. The number of aliphatic hydroxyl groups is 1. The molecule has 1 aromatic rings. The molecule has 1 aromatic carbocycles. The average Bonchev–Trinajstić information content (AvgIpc) is 3.02. The van der Waals surface area contributed by atoms with E-state index in [4.69, 9.17) is 10.8 Å². The quantitative estimate of drug-likeness (QED) is 0.112. The second kappa shape index (κ2) is 23.1. The van der Waals surface area contributed by atoms with Gasteiger partial charge in [-0.25, -0.2) is 0 Å². The first-order valence-corrected chi connectivity index (χ1v) is 18.1. The monoisotopic (exact) mass is 699 g/mol. The maximum atomic E-state index is 13.4. The number of likely N-dealkylation sites (N-methyl/N-ethyl adjacent to an activating group) is 1. The van der Waals surface area contributed by atoms with E-state index in [0.717, 1.165) is 68.1 Å². The summed E-state index contributed by atoms with van der Waals surface area (Å²) in [5, 5.41) is 26.7. The number of phenols is 1. The highest BCUT2D eigenvalue weighted by atomic mass is 35.5. The van der Waals surface area contributed by atoms with Crippen molar-refractivity contribution in [2.75, 3.05) is 38.8 Å². The predicted molar refractivity (Wildman–Crippen MR) is 191 cm³/mol. The molecule has 268 valence electrons. The van der Waals surface area contributed by atoms with Gasteiger partial charge in [0, 0.05) is 6.61 Å². The maximum absolute atomic E-state index is 13.4. The summed E-state index contributed by atoms with van der Waals surface area (Å²) in [7, 11) is 1.92. The van der Waals surface area contributed by atoms with Crippen LogP contribution in [0, 0.1) is 19.8 Å². The Balaban J connectivity index is 0.0000110. The first kappa shape index (κ1) is 42.6. The number of hydrogen-bond acceptors (Lipinski definition) is 9. The summed E-state index contributed by atoms with van der Waals surface area (Å²) in [4.78, 5) is 54.3. The molecule has 7 N–H and O–H groups in total. The van der Waals surface area contributed by atoms with Crippen molar-refractivity contribution in [3.8, 4) is 5.75 Å². The summed E-state index contributed by atoms with van der Waals surface area (Å²) in [6.07, 6.45) is 12.4. The lowest BCUT2D eigenvalue weighted by Gasteiger charge is -2.31. The standard InChI is InChI=1S/C34H57N5O6S.ClH/c1-23-18-26(41)19-24(2)27(23)21-28(35)32(43)37-29(14-17-46-4)33(44)36-22-31(42)38-34(45)30(20-25-12-8-7-9-13-25)39(3)15-10-5-6-11-16-40;/h18-19,25,28-30,40-41H,5-17,20-22,35H2,1-4H3,(H,36,44)(H,37,43)(H,38,42,45);1H/t28-,29-,30+;/m1./s1. The number of amides is 4. The smallest absolute Gasteiger partial charge is 0.245 e. The third kappa shape index (κ3) is 15.6. The van der Waals surface area contributed by atoms with Crippen LogP contribution >= 0.6 is 24.2 Å². The predicted octanol–water partition coefficient (Wildman–Crippen LogP) is 3.12. The number of unbranched alkanes of at least 4 members (excludes halogenated alkanes) is 3. The number of aromatic hydroxyl groups is 1. The minimum atomic E-state index is -0.916. The van der Waals surface area contributed by atoms with Crippen LogP contribution in [0.4, 0.5) is 0 Å². The lowest BCUT2D eigenvalue weighted by Crippen LogP contribution is -2.54. The zero-order chi connectivity index (χ0) is 34.1. The first-order chi connectivity index (χ1) is 22.0. The molecular formula is C34H58ClN5O6S. The highest BCUT2D eigenvalue weighted by molar-refractivity contribution is 7.98. The summed E-state index contributed by atoms with van der Waals surface area (Å²) in [5.41, 5.74) is 8.73. The van der Waals surface area contributed by atoms with Crippen molar-refractivity contribution < 1.29 is 29.4 Å². The van der Waals surface area contributed by atoms with Gasteiger partial charge in [0.05, 0.1) is 18.6 Å². The second-order valence-corrected chi connectivity index (χ2v) is 13.7. The first-order valence-electron chi connectivity index (χ1n) is 16.7. The van der Waals surface area contributed by atoms with Gasteiger partial charge in [0.15, 0.2) is 0 Å². The molecule has 11 nitrogen and oxygen atoms in total. The fourth-order valence-corrected chi connectivity index (χ4v) is 6.62. The van der Waals surface area contributed by atoms with E-state index in [1.165, 1.54) is 18.2 Å². The Bertz CT molecular complexity index is 1110. The highest BCUT2D eigenvalue weighted by Crippen LogP contribution is 2.28. The average molecular weight is 700 g/mol. The molecule has 2 rings (SSSR count). The fraction of sp³-hybridized carbons (Fsp3) is 0.706. The molecular weight excluding hydrogens is 642 g/mol. The van der Waals surface area contributed by atoms with Gasteiger partial charge in [-0.15, -0.1) is 12.4 Å². The number of rotatable bonds is 20. The Hall–Kier alpha value is -2.38. The van der Waals surface area contributed by atoms with Gasteiger partial charge in [-0.1, -0.05) is 44.9 Å². The molecule has 1 aliphatic rings. The van der Waals surface area contributed by atoms with E-state index in [-0.39, 0.29) is 37.1 Å². The number of imide groups is 1. The molecule has 0 unspecified atom stereocenters. The lowest BCUT2D eigenvalue weighted by molar-refractivity contribution is -0.135. The Kier molecular flexibility index (Phi) is 20.9. The Labute approximate surface area is 291 Å². The number of benzene rings is 1. The van der Waals surface area contributed by atoms with Crippen LogP contribution in [-0.4, -0.2) is 95.6 Å². The van der Waals surface area contributed by atoms with Crippen molar-refractivity contribution in [3.05, 3.63) is 28.8 Å². The third-order valence-electron chi connectivity index (χ3n) is 8.91. The molecule has 0 spiro atoms. The summed E-state index contributed by atoms with van der Waals surface area (Å²) in [6, 6.07) is 0.980. The third-order valence-corrected chi connectivity index (χ3v) is 9.55. The Morgan fingerprint density at radius 1 is 1.00 bits per heavy atom. The van der Waals surface area contributed by atoms with Crippen LogP contribution < -0.4 is 21.7 Å². The van der Waals surface area contributed by atoms with Crippen LogP contribution in [0.25, 0.3) is 0 Å². The molecule has 0 bridgehead atoms. The molecule has 13 heteroatoms. The number of phenolic OH excluding ortho intramolecular Hbond substituents is 1. The normalized spacial score (nSPS) is 15.3. The molecule has 47 heavy (non-hydrogen) atoms. The summed E-state index contributed by atoms with van der Waals surface area (Å²) in [5.74, 6) is -0.790. The van der Waals surface area contributed by atoms with Crippen molar-refractivity contribution in [1.82, 2.24) is 20.9 Å². The Morgan fingerprint density at radius 2 is 1.64 bits per heavy atom. The van der Waals surface area contributed by atoms with Crippen LogP contribution in [0.5, 0.6) is 5.75 Å². The van der Waals surface area contributed by atoms with Gasteiger partial charge in [0.1, 0.15) is 11.8 Å². The molecule has 0 aliphatic heterocycles. The zero-order valence-corrected chi connectivity index (χ0v) is 30.3. The largest absolute Gasteiger partial charge is 0.508 e. The number of hydrogen-bond donors (Lipinski definition) is 6. The molecule has 4 amide bonds. The number of carbonyl (C=O) groups is 4. The van der Waals surface area contributed by atoms with Gasteiger partial charge in [-0.2, -0.15) is 11.8 Å². The zero-order valence-electron chi connectivity index (χ0n) is 28.6. The molecule has 3 atom stereocenters. The minimum absolute atomic E-state index is 0. The van der Waals surface area contributed by atoms with Crippen LogP contribution in [-0.2, 0) is 25.6 Å². The highest BCUT2D eigenvalue weighted by Gasteiger charge is 2.29. The van der Waals surface area contributed by atoms with Crippen molar-refractivity contribution in [2.24, 2.45) is 11.7 Å². The van der Waals surface area contributed by atoms with Gasteiger partial charge in [-0.3, -0.25) is 29.4 Å². The van der Waals surface area contributed by atoms with E-state index < -0.39 is 42.4 Å². The van der Waals surface area contributed by atoms with Crippen molar-refractivity contribution in [3.63, 3.8) is 0 Å². The Morgan fingerprint density at radius 3 is 2.26 bits per heavy atom. The van der Waals surface area contributed by atoms with Crippen molar-refractivity contribution >= 4 is 47.8 Å². The van der Waals surface area contributed by atoms with Crippen LogP contribution in [0.1, 0.15) is 87.3 Å². The van der Waals surface area contributed by atoms with Gasteiger partial charge < -0.3 is 26.6 Å². The maximum Gasteiger partial charge on any atom is 0.245 e. The van der Waals surface area contributed by atoms with Gasteiger partial charge in [0.25, 0.3) is 0 Å². The van der Waals surface area contributed by atoms with E-state index in [1.807, 2.05) is 32.1 Å². The summed E-state index contributed by atoms with van der Waals surface area (Å²) in [6.45, 7) is 4.18. The van der Waals surface area contributed by atoms with E-state index in [1.54, 1.807) is 12.1 Å². The van der Waals surface area contributed by atoms with Crippen molar-refractivity contribution in [1.29, 1.82) is 0 Å². The number of nitrogens with zero attached hydrogens (tertiary/aromatic N) is 1. The van der Waals surface area contributed by atoms with E-state index >= 15 is 0 Å². The van der Waals surface area contributed by atoms with Gasteiger partial charge >= 0.3 is 0 Å². The molecule has 0 heterocycles. The van der Waals surface area contributed by atoms with Gasteiger partial charge in [-0.05, 0) is 106 Å². The molecule has 0 radical (unpaired) electrons. The van der Waals surface area contributed by atoms with Crippen LogP contribution in [0.2, 0.25) is 0 Å². The summed E-state index contributed by atoms with van der Waals surface area (Å²) >= 11 is 1.53. The number of aliphatic hydroxyl groups excluding tert-OH is 1. The number of thioether (sulfide) groups is 1. The molecule has 0 saturated heterocycles. The van der Waals surface area contributed by atoms with Crippen molar-refractivity contribution in [2.45, 2.75) is 109 Å². The number of nitrogens with one attached hydrogen (secondary N) is 3. The number of carbonyl (C=O) groups excluding carboxylic acids is 4. The van der Waals surface area contributed by atoms with E-state index in [9.17, 15) is 24.3 Å². The topological polar surface area (TPSA) is 174 Å². The van der Waals surface area contributed by atoms with E-state index in [2.05, 4.69) is 16.0 Å². The van der Waals surface area contributed by atoms with E-state index in [0.29, 0.717) is 31.1 Å². The lowest BCUT2D eigenvalue weighted by atomic mass is 9.84. The minimum Gasteiger partial charge on any atom is -0.508 e. The molecule has 1 aliphatic carbocycles. The van der Waals surface area contributed by atoms with Crippen LogP contribution in [0.15, 0.2) is 12.1 Å². The summed E-state index contributed by atoms with van der Waals surface area (Å²) < 4.78 is 0. The molecule has 1 saturated carbocycles. The fourth-order valence-electron chi connectivity index (χ4n) is 6.15. The van der Waals surface area contributed by atoms with Crippen LogP contribution in [0.3, 0.4) is 0 Å². The number of nitrogens with two attached hydrogens (primary N) is 1. The SMILES string of the molecule is CSCC[C@@H](NC(=O)[C@H](N)Cc1c(C)cc(O)cc1C)C(=O)NCC(=O)NC(=O)[C@H](CC1CCCCC1)N(C)CCCCCCO.Cl. The molecule has 1 fully saturated rings. The number of aryl methyl sites for hydroxylation is 2. The van der Waals surface area contributed by atoms with Gasteiger partial charge in [0.2, 0.25) is 23.6 Å².